The van der Waals surface area contributed by atoms with Crippen molar-refractivity contribution in [2.24, 2.45) is 0 Å². The molecule has 0 bridgehead atoms. The number of halogens is 1. The lowest BCUT2D eigenvalue weighted by Gasteiger charge is -2.13. The Hall–Kier alpha value is -1.66. The van der Waals surface area contributed by atoms with Gasteiger partial charge in [0.25, 0.3) is 11.6 Å². The molecule has 104 valence electrons. The number of aliphatic hydroxyl groups excluding tert-OH is 1. The number of carbonyl (C=O) groups excluding carboxylic acids is 1. The highest BCUT2D eigenvalue weighted by Crippen LogP contribution is 2.22. The summed E-state index contributed by atoms with van der Waals surface area (Å²) in [6.07, 6.45) is 1.15. The van der Waals surface area contributed by atoms with E-state index in [0.29, 0.717) is 12.8 Å². The minimum Gasteiger partial charge on any atom is -0.396 e. The maximum absolute atomic E-state index is 12.0. The number of rotatable bonds is 6. The van der Waals surface area contributed by atoms with Gasteiger partial charge in [0.15, 0.2) is 0 Å². The molecule has 0 saturated carbocycles. The van der Waals surface area contributed by atoms with Crippen LogP contribution in [0.25, 0.3) is 0 Å². The Kier molecular flexibility index (Phi) is 5.72. The molecule has 0 radical (unpaired) electrons. The first-order chi connectivity index (χ1) is 8.95. The Morgan fingerprint density at radius 2 is 2.26 bits per heavy atom. The number of carbonyl (C=O) groups is 1. The van der Waals surface area contributed by atoms with Crippen LogP contribution < -0.4 is 5.32 Å². The number of nitro groups is 1. The number of hydrogen-bond donors (Lipinski definition) is 2. The second-order valence-corrected chi connectivity index (χ2v) is 4.60. The lowest BCUT2D eigenvalue weighted by atomic mass is 10.1. The smallest absolute Gasteiger partial charge is 0.282 e. The van der Waals surface area contributed by atoms with Gasteiger partial charge in [-0.1, -0.05) is 11.6 Å². The highest BCUT2D eigenvalue weighted by molar-refractivity contribution is 6.31. The summed E-state index contributed by atoms with van der Waals surface area (Å²) in [5, 5.41) is 22.4. The van der Waals surface area contributed by atoms with Crippen LogP contribution in [0.5, 0.6) is 0 Å². The van der Waals surface area contributed by atoms with Crippen LogP contribution in [0.3, 0.4) is 0 Å². The average Bonchev–Trinajstić information content (AvgIpc) is 2.35. The van der Waals surface area contributed by atoms with Crippen LogP contribution in [0.1, 0.15) is 30.1 Å². The van der Waals surface area contributed by atoms with Crippen molar-refractivity contribution in [2.45, 2.75) is 25.8 Å². The minimum absolute atomic E-state index is 0.0392. The van der Waals surface area contributed by atoms with Gasteiger partial charge >= 0.3 is 0 Å². The second-order valence-electron chi connectivity index (χ2n) is 4.16. The van der Waals surface area contributed by atoms with E-state index in [1.54, 1.807) is 6.92 Å². The van der Waals surface area contributed by atoms with Gasteiger partial charge in [-0.2, -0.15) is 0 Å². The number of aliphatic hydroxyl groups is 1. The first-order valence-electron chi connectivity index (χ1n) is 5.81. The molecule has 0 saturated heterocycles. The molecule has 1 amide bonds. The van der Waals surface area contributed by atoms with Gasteiger partial charge in [0.1, 0.15) is 5.56 Å². The van der Waals surface area contributed by atoms with E-state index in [1.807, 2.05) is 0 Å². The van der Waals surface area contributed by atoms with Crippen molar-refractivity contribution >= 4 is 23.2 Å². The zero-order chi connectivity index (χ0) is 14.4. The maximum atomic E-state index is 12.0. The fraction of sp³-hybridized carbons (Fsp3) is 0.417. The number of benzene rings is 1. The average molecular weight is 287 g/mol. The van der Waals surface area contributed by atoms with E-state index in [4.69, 9.17) is 16.7 Å². The zero-order valence-electron chi connectivity index (χ0n) is 10.4. The van der Waals surface area contributed by atoms with E-state index >= 15 is 0 Å². The van der Waals surface area contributed by atoms with Crippen LogP contribution in [0.4, 0.5) is 5.69 Å². The van der Waals surface area contributed by atoms with Crippen LogP contribution in [0, 0.1) is 10.1 Å². The third-order valence-electron chi connectivity index (χ3n) is 2.57. The van der Waals surface area contributed by atoms with Gasteiger partial charge in [-0.15, -0.1) is 0 Å². The highest BCUT2D eigenvalue weighted by Gasteiger charge is 2.21. The topological polar surface area (TPSA) is 92.5 Å². The fourth-order valence-corrected chi connectivity index (χ4v) is 1.79. The van der Waals surface area contributed by atoms with E-state index in [1.165, 1.54) is 18.2 Å². The summed E-state index contributed by atoms with van der Waals surface area (Å²) in [5.41, 5.74) is -0.343. The van der Waals surface area contributed by atoms with Gasteiger partial charge in [0.05, 0.1) is 4.92 Å². The molecular formula is C12H15ClN2O4. The van der Waals surface area contributed by atoms with Crippen molar-refractivity contribution in [3.63, 3.8) is 0 Å². The third-order valence-corrected chi connectivity index (χ3v) is 2.81. The Labute approximate surface area is 115 Å². The monoisotopic (exact) mass is 286 g/mol. The zero-order valence-corrected chi connectivity index (χ0v) is 11.2. The molecule has 0 aromatic heterocycles. The van der Waals surface area contributed by atoms with Gasteiger partial charge in [0.2, 0.25) is 0 Å². The SMILES string of the molecule is CC(CCCO)NC(=O)c1cc(Cl)ccc1[N+](=O)[O-]. The fourth-order valence-electron chi connectivity index (χ4n) is 1.62. The van der Waals surface area contributed by atoms with Crippen molar-refractivity contribution < 1.29 is 14.8 Å². The molecule has 0 fully saturated rings. The van der Waals surface area contributed by atoms with Gasteiger partial charge < -0.3 is 10.4 Å². The van der Waals surface area contributed by atoms with Crippen LogP contribution in [0.15, 0.2) is 18.2 Å². The number of nitro benzene ring substituents is 1. The minimum atomic E-state index is -0.621. The molecule has 2 N–H and O–H groups in total. The number of hydrogen-bond acceptors (Lipinski definition) is 4. The van der Waals surface area contributed by atoms with Gasteiger partial charge in [-0.05, 0) is 31.9 Å². The van der Waals surface area contributed by atoms with Crippen LogP contribution >= 0.6 is 11.6 Å². The third kappa shape index (κ3) is 4.50. The van der Waals surface area contributed by atoms with E-state index in [0.717, 1.165) is 0 Å². The molecule has 0 heterocycles. The molecule has 1 aromatic rings. The molecule has 0 spiro atoms. The molecule has 0 aliphatic heterocycles. The lowest BCUT2D eigenvalue weighted by molar-refractivity contribution is -0.385. The molecule has 1 atom stereocenters. The Morgan fingerprint density at radius 1 is 1.58 bits per heavy atom. The lowest BCUT2D eigenvalue weighted by Crippen LogP contribution is -2.33. The van der Waals surface area contributed by atoms with E-state index in [-0.39, 0.29) is 28.9 Å². The molecule has 0 aliphatic carbocycles. The largest absolute Gasteiger partial charge is 0.396 e. The molecule has 1 rings (SSSR count). The Bertz CT molecular complexity index is 479. The maximum Gasteiger partial charge on any atom is 0.282 e. The van der Waals surface area contributed by atoms with Crippen molar-refractivity contribution in [3.8, 4) is 0 Å². The summed E-state index contributed by atoms with van der Waals surface area (Å²) >= 11 is 5.75. The summed E-state index contributed by atoms with van der Waals surface area (Å²) < 4.78 is 0. The van der Waals surface area contributed by atoms with Gasteiger partial charge in [-0.3, -0.25) is 14.9 Å². The number of nitrogens with zero attached hydrogens (tertiary/aromatic N) is 1. The van der Waals surface area contributed by atoms with E-state index < -0.39 is 10.8 Å². The molecule has 0 aliphatic rings. The normalized spacial score (nSPS) is 11.9. The molecular weight excluding hydrogens is 272 g/mol. The van der Waals surface area contributed by atoms with E-state index in [9.17, 15) is 14.9 Å². The summed E-state index contributed by atoms with van der Waals surface area (Å²) in [6.45, 7) is 1.81. The molecule has 1 aromatic carbocycles. The number of amides is 1. The molecule has 7 heteroatoms. The van der Waals surface area contributed by atoms with Crippen molar-refractivity contribution in [2.75, 3.05) is 6.61 Å². The standard InChI is InChI=1S/C12H15ClN2O4/c1-8(3-2-6-16)14-12(17)10-7-9(13)4-5-11(10)15(18)19/h4-5,7-8,16H,2-3,6H2,1H3,(H,14,17). The first-order valence-corrected chi connectivity index (χ1v) is 6.19. The van der Waals surface area contributed by atoms with Crippen LogP contribution in [-0.2, 0) is 0 Å². The highest BCUT2D eigenvalue weighted by atomic mass is 35.5. The van der Waals surface area contributed by atoms with E-state index in [2.05, 4.69) is 5.32 Å². The Balaban J connectivity index is 2.86. The van der Waals surface area contributed by atoms with Crippen molar-refractivity contribution in [1.29, 1.82) is 0 Å². The Morgan fingerprint density at radius 3 is 2.84 bits per heavy atom. The number of nitrogens with one attached hydrogen (secondary N) is 1. The summed E-state index contributed by atoms with van der Waals surface area (Å²) in [6, 6.07) is 3.66. The summed E-state index contributed by atoms with van der Waals surface area (Å²) in [7, 11) is 0. The molecule has 1 unspecified atom stereocenters. The molecule has 19 heavy (non-hydrogen) atoms. The summed E-state index contributed by atoms with van der Waals surface area (Å²) in [5.74, 6) is -0.542. The van der Waals surface area contributed by atoms with Crippen LogP contribution in [0.2, 0.25) is 5.02 Å². The quantitative estimate of drug-likeness (QED) is 0.619. The summed E-state index contributed by atoms with van der Waals surface area (Å²) in [4.78, 5) is 22.2. The van der Waals surface area contributed by atoms with Crippen molar-refractivity contribution in [1.82, 2.24) is 5.32 Å². The first kappa shape index (κ1) is 15.4. The second kappa shape index (κ2) is 7.06. The predicted octanol–water partition coefficient (Wildman–Crippen LogP) is 2.14. The molecule has 6 nitrogen and oxygen atoms in total. The van der Waals surface area contributed by atoms with Crippen LogP contribution in [-0.4, -0.2) is 28.6 Å². The predicted molar refractivity (Wildman–Crippen MR) is 71.4 cm³/mol. The van der Waals surface area contributed by atoms with Gasteiger partial charge in [-0.25, -0.2) is 0 Å². The van der Waals surface area contributed by atoms with Crippen molar-refractivity contribution in [3.05, 3.63) is 38.9 Å². The van der Waals surface area contributed by atoms with Gasteiger partial charge in [0, 0.05) is 23.7 Å².